The Balaban J connectivity index is 1.38. The number of benzene rings is 4. The lowest BCUT2D eigenvalue weighted by Gasteiger charge is -2.22. The van der Waals surface area contributed by atoms with Crippen molar-refractivity contribution in [1.29, 1.82) is 0 Å². The number of nitrogens with zero attached hydrogens (tertiary/aromatic N) is 1. The number of anilines is 3. The Bertz CT molecular complexity index is 1660. The van der Waals surface area contributed by atoms with Crippen LogP contribution in [0.4, 0.5) is 17.1 Å². The van der Waals surface area contributed by atoms with Crippen LogP contribution in [0.25, 0.3) is 0 Å². The number of sulfonamides is 2. The van der Waals surface area contributed by atoms with E-state index >= 15 is 0 Å². The van der Waals surface area contributed by atoms with Gasteiger partial charge in [-0.2, -0.15) is 0 Å². The Hall–Kier alpha value is -4.06. The quantitative estimate of drug-likeness (QED) is 0.247. The summed E-state index contributed by atoms with van der Waals surface area (Å²) in [7, 11) is -7.67. The summed E-state index contributed by atoms with van der Waals surface area (Å²) in [6, 6.07) is 27.7. The molecular formula is C28H26ClN3O6S2. The van der Waals surface area contributed by atoms with E-state index in [2.05, 4.69) is 10.0 Å². The average Bonchev–Trinajstić information content (AvgIpc) is 2.92. The molecule has 208 valence electrons. The van der Waals surface area contributed by atoms with Gasteiger partial charge in [0.1, 0.15) is 18.9 Å². The van der Waals surface area contributed by atoms with Crippen LogP contribution in [0.15, 0.2) is 108 Å². The average molecular weight is 600 g/mol. The standard InChI is InChI=1S/C28H26ClN3O6S2/c1-39(34,35)32(25-13-15-26(16-14-25)38-20-21-5-3-2-4-6-21)19-28(33)30-23-11-17-27(18-12-23)40(36,37)31-24-9-7-22(29)8-10-24/h2-18,31H,19-20H2,1H3,(H,30,33). The van der Waals surface area contributed by atoms with E-state index in [9.17, 15) is 21.6 Å². The number of amides is 1. The molecule has 1 amide bonds. The maximum Gasteiger partial charge on any atom is 0.261 e. The van der Waals surface area contributed by atoms with E-state index in [0.29, 0.717) is 34.4 Å². The van der Waals surface area contributed by atoms with Gasteiger partial charge in [0, 0.05) is 16.4 Å². The molecule has 0 saturated carbocycles. The molecule has 0 heterocycles. The molecule has 0 unspecified atom stereocenters. The second-order valence-corrected chi connectivity index (χ2v) is 12.7. The molecule has 4 aromatic rings. The van der Waals surface area contributed by atoms with Gasteiger partial charge in [-0.3, -0.25) is 13.8 Å². The van der Waals surface area contributed by atoms with Gasteiger partial charge in [0.05, 0.1) is 16.8 Å². The Kier molecular flexibility index (Phi) is 8.98. The van der Waals surface area contributed by atoms with Crippen LogP contribution in [0.2, 0.25) is 5.02 Å². The molecule has 40 heavy (non-hydrogen) atoms. The maximum absolute atomic E-state index is 12.7. The van der Waals surface area contributed by atoms with Crippen LogP contribution in [0.1, 0.15) is 5.56 Å². The Morgan fingerprint density at radius 1 is 0.800 bits per heavy atom. The summed E-state index contributed by atoms with van der Waals surface area (Å²) in [6.45, 7) is -0.128. The summed E-state index contributed by atoms with van der Waals surface area (Å²) >= 11 is 5.83. The zero-order valence-corrected chi connectivity index (χ0v) is 23.7. The van der Waals surface area contributed by atoms with Crippen LogP contribution in [0, 0.1) is 0 Å². The summed E-state index contributed by atoms with van der Waals surface area (Å²) in [5, 5.41) is 3.07. The topological polar surface area (TPSA) is 122 Å². The second-order valence-electron chi connectivity index (χ2n) is 8.72. The molecular weight excluding hydrogens is 574 g/mol. The van der Waals surface area contributed by atoms with Crippen molar-refractivity contribution in [3.8, 4) is 5.75 Å². The molecule has 4 aromatic carbocycles. The van der Waals surface area contributed by atoms with E-state index in [-0.39, 0.29) is 4.90 Å². The van der Waals surface area contributed by atoms with Gasteiger partial charge in [0.25, 0.3) is 10.0 Å². The van der Waals surface area contributed by atoms with Crippen molar-refractivity contribution < 1.29 is 26.4 Å². The number of hydrogen-bond donors (Lipinski definition) is 2. The highest BCUT2D eigenvalue weighted by atomic mass is 35.5. The highest BCUT2D eigenvalue weighted by Crippen LogP contribution is 2.23. The van der Waals surface area contributed by atoms with Crippen molar-refractivity contribution in [3.63, 3.8) is 0 Å². The molecule has 12 heteroatoms. The highest BCUT2D eigenvalue weighted by molar-refractivity contribution is 7.92. The van der Waals surface area contributed by atoms with Crippen LogP contribution in [0.3, 0.4) is 0 Å². The predicted molar refractivity (Wildman–Crippen MR) is 157 cm³/mol. The fourth-order valence-electron chi connectivity index (χ4n) is 3.63. The zero-order chi connectivity index (χ0) is 28.8. The zero-order valence-electron chi connectivity index (χ0n) is 21.3. The summed E-state index contributed by atoms with van der Waals surface area (Å²) in [4.78, 5) is 12.7. The Morgan fingerprint density at radius 3 is 2.00 bits per heavy atom. The van der Waals surface area contributed by atoms with Crippen LogP contribution in [-0.2, 0) is 31.4 Å². The Morgan fingerprint density at radius 2 is 1.40 bits per heavy atom. The minimum absolute atomic E-state index is 0.0206. The van der Waals surface area contributed by atoms with Gasteiger partial charge in [-0.05, 0) is 78.4 Å². The van der Waals surface area contributed by atoms with E-state index in [0.717, 1.165) is 16.1 Å². The van der Waals surface area contributed by atoms with Gasteiger partial charge < -0.3 is 10.1 Å². The summed E-state index contributed by atoms with van der Waals surface area (Å²) in [5.41, 5.74) is 1.93. The van der Waals surface area contributed by atoms with E-state index in [4.69, 9.17) is 16.3 Å². The third-order valence-corrected chi connectivity index (χ3v) is 8.40. The van der Waals surface area contributed by atoms with E-state index in [1.54, 1.807) is 36.4 Å². The number of halogens is 1. The molecule has 0 bridgehead atoms. The molecule has 0 radical (unpaired) electrons. The number of nitrogens with one attached hydrogen (secondary N) is 2. The fourth-order valence-corrected chi connectivity index (χ4v) is 5.67. The SMILES string of the molecule is CS(=O)(=O)N(CC(=O)Nc1ccc(S(=O)(=O)Nc2ccc(Cl)cc2)cc1)c1ccc(OCc2ccccc2)cc1. The van der Waals surface area contributed by atoms with Gasteiger partial charge in [-0.25, -0.2) is 16.8 Å². The molecule has 0 aliphatic rings. The van der Waals surface area contributed by atoms with Crippen LogP contribution in [-0.4, -0.2) is 35.5 Å². The minimum atomic E-state index is -3.87. The van der Waals surface area contributed by atoms with Crippen molar-refractivity contribution in [2.45, 2.75) is 11.5 Å². The molecule has 0 aliphatic carbocycles. The monoisotopic (exact) mass is 599 g/mol. The lowest BCUT2D eigenvalue weighted by molar-refractivity contribution is -0.114. The molecule has 0 fully saturated rings. The summed E-state index contributed by atoms with van der Waals surface area (Å²) in [6.07, 6.45) is 1.01. The van der Waals surface area contributed by atoms with Gasteiger partial charge in [0.2, 0.25) is 15.9 Å². The molecule has 0 spiro atoms. The second kappa shape index (κ2) is 12.4. The van der Waals surface area contributed by atoms with Gasteiger partial charge >= 0.3 is 0 Å². The van der Waals surface area contributed by atoms with Crippen molar-refractivity contribution in [1.82, 2.24) is 0 Å². The minimum Gasteiger partial charge on any atom is -0.489 e. The largest absolute Gasteiger partial charge is 0.489 e. The molecule has 4 rings (SSSR count). The van der Waals surface area contributed by atoms with Crippen molar-refractivity contribution >= 4 is 54.6 Å². The molecule has 9 nitrogen and oxygen atoms in total. The lowest BCUT2D eigenvalue weighted by atomic mass is 10.2. The maximum atomic E-state index is 12.7. The summed E-state index contributed by atoms with van der Waals surface area (Å²) in [5.74, 6) is -0.0594. The predicted octanol–water partition coefficient (Wildman–Crippen LogP) is 5.12. The number of hydrogen-bond acceptors (Lipinski definition) is 6. The number of ether oxygens (including phenoxy) is 1. The van der Waals surface area contributed by atoms with Crippen molar-refractivity contribution in [2.75, 3.05) is 27.1 Å². The van der Waals surface area contributed by atoms with Crippen molar-refractivity contribution in [3.05, 3.63) is 114 Å². The Labute approximate surface area is 238 Å². The van der Waals surface area contributed by atoms with Crippen LogP contribution >= 0.6 is 11.6 Å². The summed E-state index contributed by atoms with van der Waals surface area (Å²) < 4.78 is 59.4. The molecule has 0 aliphatic heterocycles. The van der Waals surface area contributed by atoms with Gasteiger partial charge in [-0.1, -0.05) is 41.9 Å². The van der Waals surface area contributed by atoms with Crippen LogP contribution in [0.5, 0.6) is 5.75 Å². The molecule has 0 aromatic heterocycles. The number of rotatable bonds is 11. The first kappa shape index (κ1) is 28.9. The van der Waals surface area contributed by atoms with E-state index in [1.807, 2.05) is 30.3 Å². The first-order valence-corrected chi connectivity index (χ1v) is 15.6. The van der Waals surface area contributed by atoms with Gasteiger partial charge in [0.15, 0.2) is 0 Å². The smallest absolute Gasteiger partial charge is 0.261 e. The highest BCUT2D eigenvalue weighted by Gasteiger charge is 2.21. The third-order valence-electron chi connectivity index (χ3n) is 5.61. The normalized spacial score (nSPS) is 11.4. The number of carbonyl (C=O) groups is 1. The van der Waals surface area contributed by atoms with E-state index in [1.165, 1.54) is 36.4 Å². The lowest BCUT2D eigenvalue weighted by Crippen LogP contribution is -2.37. The fraction of sp³-hybridized carbons (Fsp3) is 0.107. The first-order valence-electron chi connectivity index (χ1n) is 11.9. The number of carbonyl (C=O) groups excluding carboxylic acids is 1. The molecule has 0 saturated heterocycles. The first-order chi connectivity index (χ1) is 19.0. The van der Waals surface area contributed by atoms with Crippen LogP contribution < -0.4 is 19.1 Å². The third kappa shape index (κ3) is 7.98. The molecule has 2 N–H and O–H groups in total. The van der Waals surface area contributed by atoms with Crippen molar-refractivity contribution in [2.24, 2.45) is 0 Å². The van der Waals surface area contributed by atoms with E-state index < -0.39 is 32.5 Å². The van der Waals surface area contributed by atoms with Gasteiger partial charge in [-0.15, -0.1) is 0 Å². The molecule has 0 atom stereocenters.